The minimum atomic E-state index is -0.171. The van der Waals surface area contributed by atoms with Gasteiger partial charge in [-0.1, -0.05) is 38.5 Å². The topological polar surface area (TPSA) is 40.6 Å². The number of nitrogens with zero attached hydrogens (tertiary/aromatic N) is 2. The number of hydrogen-bond acceptors (Lipinski definition) is 3. The molecule has 0 bridgehead atoms. The Morgan fingerprint density at radius 1 is 1.04 bits per heavy atom. The number of carbonyl (C=O) groups is 2. The number of carbonyl (C=O) groups excluding carboxylic acids is 2. The lowest BCUT2D eigenvalue weighted by Crippen LogP contribution is -2.47. The highest BCUT2D eigenvalue weighted by molar-refractivity contribution is 6.22. The number of anilines is 1. The molecule has 23 heavy (non-hydrogen) atoms. The molecule has 3 heterocycles. The molecule has 4 nitrogen and oxygen atoms in total. The van der Waals surface area contributed by atoms with Crippen LogP contribution in [0.3, 0.4) is 0 Å². The van der Waals surface area contributed by atoms with Gasteiger partial charge in [-0.25, -0.2) is 4.90 Å². The van der Waals surface area contributed by atoms with Gasteiger partial charge in [0.2, 0.25) is 11.8 Å². The second kappa shape index (κ2) is 5.17. The molecule has 3 atom stereocenters. The largest absolute Gasteiger partial charge is 0.298 e. The molecule has 4 rings (SSSR count). The predicted molar refractivity (Wildman–Crippen MR) is 88.9 cm³/mol. The van der Waals surface area contributed by atoms with Gasteiger partial charge in [0.15, 0.2) is 0 Å². The number of fused-ring (bicyclic) bond motifs is 3. The maximum Gasteiger partial charge on any atom is 0.239 e. The van der Waals surface area contributed by atoms with Gasteiger partial charge in [-0.15, -0.1) is 0 Å². The summed E-state index contributed by atoms with van der Waals surface area (Å²) in [6, 6.07) is 9.57. The molecule has 3 fully saturated rings. The van der Waals surface area contributed by atoms with Crippen molar-refractivity contribution < 1.29 is 9.59 Å². The maximum atomic E-state index is 13.1. The van der Waals surface area contributed by atoms with Gasteiger partial charge in [0.25, 0.3) is 0 Å². The molecule has 0 aliphatic carbocycles. The lowest BCUT2D eigenvalue weighted by atomic mass is 9.74. The molecule has 4 heteroatoms. The van der Waals surface area contributed by atoms with Gasteiger partial charge in [-0.2, -0.15) is 0 Å². The monoisotopic (exact) mass is 312 g/mol. The molecule has 0 radical (unpaired) electrons. The number of amides is 2. The summed E-state index contributed by atoms with van der Waals surface area (Å²) >= 11 is 0. The van der Waals surface area contributed by atoms with Gasteiger partial charge < -0.3 is 0 Å². The summed E-state index contributed by atoms with van der Waals surface area (Å²) in [5.41, 5.74) is 0.799. The predicted octanol–water partition coefficient (Wildman–Crippen LogP) is 2.69. The van der Waals surface area contributed by atoms with Crippen molar-refractivity contribution in [3.63, 3.8) is 0 Å². The van der Waals surface area contributed by atoms with Crippen LogP contribution in [0.25, 0.3) is 0 Å². The molecular weight excluding hydrogens is 288 g/mol. The normalized spacial score (nSPS) is 33.5. The van der Waals surface area contributed by atoms with Gasteiger partial charge in [0.05, 0.1) is 17.5 Å². The lowest BCUT2D eigenvalue weighted by Gasteiger charge is -2.38. The zero-order valence-corrected chi connectivity index (χ0v) is 13.9. The standard InChI is InChI=1S/C19H24N2O2/c1-19(2)10-6-7-11-20-12-14-15(16(19)20)18(23)21(17(14)22)13-8-4-3-5-9-13/h3-5,8-9,14-16H,6-7,10-12H2,1-2H3/t14-,15-,16?/m0/s1. The van der Waals surface area contributed by atoms with Crippen molar-refractivity contribution in [2.24, 2.45) is 17.3 Å². The molecule has 3 aliphatic rings. The molecule has 1 aromatic carbocycles. The van der Waals surface area contributed by atoms with E-state index in [1.807, 2.05) is 30.3 Å². The molecule has 0 saturated carbocycles. The van der Waals surface area contributed by atoms with Crippen LogP contribution in [0.15, 0.2) is 30.3 Å². The van der Waals surface area contributed by atoms with Crippen molar-refractivity contribution in [3.8, 4) is 0 Å². The third kappa shape index (κ3) is 2.15. The Kier molecular flexibility index (Phi) is 3.34. The van der Waals surface area contributed by atoms with Crippen LogP contribution in [0.1, 0.15) is 33.1 Å². The zero-order valence-electron chi connectivity index (χ0n) is 13.9. The Morgan fingerprint density at radius 2 is 1.78 bits per heavy atom. The Balaban J connectivity index is 1.72. The van der Waals surface area contributed by atoms with Crippen molar-refractivity contribution in [2.75, 3.05) is 18.0 Å². The van der Waals surface area contributed by atoms with E-state index in [2.05, 4.69) is 18.7 Å². The molecule has 1 aromatic rings. The molecule has 1 unspecified atom stereocenters. The first kappa shape index (κ1) is 14.9. The van der Waals surface area contributed by atoms with Crippen molar-refractivity contribution in [3.05, 3.63) is 30.3 Å². The number of benzene rings is 1. The fourth-order valence-corrected chi connectivity index (χ4v) is 4.97. The van der Waals surface area contributed by atoms with E-state index in [0.29, 0.717) is 0 Å². The summed E-state index contributed by atoms with van der Waals surface area (Å²) in [5, 5.41) is 0. The van der Waals surface area contributed by atoms with E-state index in [9.17, 15) is 9.59 Å². The van der Waals surface area contributed by atoms with Gasteiger partial charge in [-0.05, 0) is 36.9 Å². The first-order valence-electron chi connectivity index (χ1n) is 8.67. The Morgan fingerprint density at radius 3 is 2.52 bits per heavy atom. The van der Waals surface area contributed by atoms with Crippen LogP contribution in [0.2, 0.25) is 0 Å². The van der Waals surface area contributed by atoms with Crippen LogP contribution >= 0.6 is 0 Å². The van der Waals surface area contributed by atoms with E-state index in [1.54, 1.807) is 0 Å². The maximum absolute atomic E-state index is 13.1. The minimum absolute atomic E-state index is 0.00456. The van der Waals surface area contributed by atoms with Crippen LogP contribution in [0.4, 0.5) is 5.69 Å². The highest BCUT2D eigenvalue weighted by Crippen LogP contribution is 2.49. The summed E-state index contributed by atoms with van der Waals surface area (Å²) in [6.45, 7) is 6.29. The third-order valence-electron chi connectivity index (χ3n) is 5.97. The number of imide groups is 1. The van der Waals surface area contributed by atoms with Crippen molar-refractivity contribution in [1.29, 1.82) is 0 Å². The van der Waals surface area contributed by atoms with Crippen molar-refractivity contribution in [2.45, 2.75) is 39.2 Å². The number of para-hydroxylation sites is 1. The van der Waals surface area contributed by atoms with Crippen LogP contribution in [-0.2, 0) is 9.59 Å². The van der Waals surface area contributed by atoms with E-state index < -0.39 is 0 Å². The summed E-state index contributed by atoms with van der Waals surface area (Å²) in [5.74, 6) is -0.329. The lowest BCUT2D eigenvalue weighted by molar-refractivity contribution is -0.124. The quantitative estimate of drug-likeness (QED) is 0.749. The summed E-state index contributed by atoms with van der Waals surface area (Å²) < 4.78 is 0. The van der Waals surface area contributed by atoms with Crippen molar-refractivity contribution >= 4 is 17.5 Å². The third-order valence-corrected chi connectivity index (χ3v) is 5.97. The highest BCUT2D eigenvalue weighted by atomic mass is 16.2. The molecule has 0 spiro atoms. The average Bonchev–Trinajstić information content (AvgIpc) is 2.97. The fourth-order valence-electron chi connectivity index (χ4n) is 4.97. The molecule has 3 aliphatic heterocycles. The molecular formula is C19H24N2O2. The number of rotatable bonds is 1. The van der Waals surface area contributed by atoms with Crippen LogP contribution in [0.5, 0.6) is 0 Å². The fraction of sp³-hybridized carbons (Fsp3) is 0.579. The second-order valence-corrected chi connectivity index (χ2v) is 7.87. The summed E-state index contributed by atoms with van der Waals surface area (Å²) in [7, 11) is 0. The Bertz CT molecular complexity index is 640. The molecule has 122 valence electrons. The van der Waals surface area contributed by atoms with E-state index in [0.717, 1.165) is 25.2 Å². The number of hydrogen-bond donors (Lipinski definition) is 0. The van der Waals surface area contributed by atoms with Crippen LogP contribution < -0.4 is 4.90 Å². The van der Waals surface area contributed by atoms with E-state index in [1.165, 1.54) is 17.7 Å². The molecule has 3 saturated heterocycles. The molecule has 2 amide bonds. The van der Waals surface area contributed by atoms with Gasteiger partial charge in [0, 0.05) is 12.6 Å². The second-order valence-electron chi connectivity index (χ2n) is 7.87. The highest BCUT2D eigenvalue weighted by Gasteiger charge is 2.60. The van der Waals surface area contributed by atoms with E-state index >= 15 is 0 Å². The molecule has 0 N–H and O–H groups in total. The Hall–Kier alpha value is -1.68. The average molecular weight is 312 g/mol. The Labute approximate surface area is 137 Å². The van der Waals surface area contributed by atoms with Crippen molar-refractivity contribution in [1.82, 2.24) is 4.90 Å². The van der Waals surface area contributed by atoms with Crippen LogP contribution in [0, 0.1) is 17.3 Å². The van der Waals surface area contributed by atoms with Gasteiger partial charge >= 0.3 is 0 Å². The van der Waals surface area contributed by atoms with Gasteiger partial charge in [0.1, 0.15) is 0 Å². The zero-order chi connectivity index (χ0) is 16.2. The molecule has 0 aromatic heterocycles. The first-order chi connectivity index (χ1) is 11.0. The van der Waals surface area contributed by atoms with E-state index in [-0.39, 0.29) is 35.1 Å². The summed E-state index contributed by atoms with van der Waals surface area (Å²) in [6.07, 6.45) is 3.51. The smallest absolute Gasteiger partial charge is 0.239 e. The first-order valence-corrected chi connectivity index (χ1v) is 8.67. The van der Waals surface area contributed by atoms with Crippen LogP contribution in [-0.4, -0.2) is 35.8 Å². The SMILES string of the molecule is CC1(C)CCCCN2C[C@@H]3C(=O)N(c4ccccc4)C(=O)[C@@H]3C21. The summed E-state index contributed by atoms with van der Waals surface area (Å²) in [4.78, 5) is 29.9. The minimum Gasteiger partial charge on any atom is -0.298 e. The van der Waals surface area contributed by atoms with Gasteiger partial charge in [-0.3, -0.25) is 14.5 Å². The van der Waals surface area contributed by atoms with E-state index in [4.69, 9.17) is 0 Å².